The standard InChI is InChI=1S/C15H24N2O4S/c1-5-16-6-8-17(9-7-16)22(18,19)15-11-14(21-4)13(20-3)10-12(15)2/h10-11H,5-9H2,1-4H3. The zero-order valence-corrected chi connectivity index (χ0v) is 14.4. The fourth-order valence-electron chi connectivity index (χ4n) is 2.67. The maximum atomic E-state index is 12.9. The van der Waals surface area contributed by atoms with E-state index in [9.17, 15) is 8.42 Å². The first-order valence-electron chi connectivity index (χ1n) is 7.39. The van der Waals surface area contributed by atoms with Crippen LogP contribution in [0.25, 0.3) is 0 Å². The number of nitrogens with zero attached hydrogens (tertiary/aromatic N) is 2. The number of hydrogen-bond acceptors (Lipinski definition) is 5. The third kappa shape index (κ3) is 3.21. The van der Waals surface area contributed by atoms with E-state index < -0.39 is 10.0 Å². The molecule has 0 bridgehead atoms. The van der Waals surface area contributed by atoms with Crippen LogP contribution in [0, 0.1) is 6.92 Å². The van der Waals surface area contributed by atoms with Crippen LogP contribution in [0.15, 0.2) is 17.0 Å². The molecular formula is C15H24N2O4S. The molecular weight excluding hydrogens is 304 g/mol. The predicted octanol–water partition coefficient (Wildman–Crippen LogP) is 1.34. The Morgan fingerprint density at radius 2 is 1.59 bits per heavy atom. The molecule has 7 heteroatoms. The summed E-state index contributed by atoms with van der Waals surface area (Å²) in [6.07, 6.45) is 0. The number of benzene rings is 1. The lowest BCUT2D eigenvalue weighted by atomic mass is 10.2. The highest BCUT2D eigenvalue weighted by molar-refractivity contribution is 7.89. The first-order valence-corrected chi connectivity index (χ1v) is 8.83. The minimum atomic E-state index is -3.51. The summed E-state index contributed by atoms with van der Waals surface area (Å²) in [5, 5.41) is 0. The number of sulfonamides is 1. The largest absolute Gasteiger partial charge is 0.493 e. The highest BCUT2D eigenvalue weighted by Crippen LogP contribution is 2.33. The van der Waals surface area contributed by atoms with E-state index in [0.717, 1.165) is 19.6 Å². The summed E-state index contributed by atoms with van der Waals surface area (Å²) in [6, 6.07) is 3.25. The van der Waals surface area contributed by atoms with Crippen molar-refractivity contribution in [3.05, 3.63) is 17.7 Å². The Balaban J connectivity index is 2.34. The van der Waals surface area contributed by atoms with Gasteiger partial charge in [-0.25, -0.2) is 8.42 Å². The van der Waals surface area contributed by atoms with Gasteiger partial charge in [0.25, 0.3) is 0 Å². The van der Waals surface area contributed by atoms with Crippen LogP contribution in [-0.4, -0.2) is 64.6 Å². The maximum Gasteiger partial charge on any atom is 0.243 e. The van der Waals surface area contributed by atoms with Gasteiger partial charge in [-0.2, -0.15) is 4.31 Å². The number of piperazine rings is 1. The highest BCUT2D eigenvalue weighted by atomic mass is 32.2. The van der Waals surface area contributed by atoms with Gasteiger partial charge in [-0.3, -0.25) is 0 Å². The first-order chi connectivity index (χ1) is 10.4. The zero-order valence-electron chi connectivity index (χ0n) is 13.6. The summed E-state index contributed by atoms with van der Waals surface area (Å²) in [6.45, 7) is 7.38. The van der Waals surface area contributed by atoms with Gasteiger partial charge in [0.1, 0.15) is 0 Å². The smallest absolute Gasteiger partial charge is 0.243 e. The summed E-state index contributed by atoms with van der Waals surface area (Å²) in [4.78, 5) is 2.53. The Bertz CT molecular complexity index is 623. The van der Waals surface area contributed by atoms with Crippen LogP contribution in [0.2, 0.25) is 0 Å². The summed E-state index contributed by atoms with van der Waals surface area (Å²) in [5.41, 5.74) is 0.663. The van der Waals surface area contributed by atoms with Crippen molar-refractivity contribution >= 4 is 10.0 Å². The van der Waals surface area contributed by atoms with Crippen molar-refractivity contribution in [2.75, 3.05) is 46.9 Å². The lowest BCUT2D eigenvalue weighted by Gasteiger charge is -2.33. The van der Waals surface area contributed by atoms with Gasteiger partial charge in [0.05, 0.1) is 19.1 Å². The number of ether oxygens (including phenoxy) is 2. The van der Waals surface area contributed by atoms with Crippen LogP contribution in [0.3, 0.4) is 0 Å². The Morgan fingerprint density at radius 3 is 2.09 bits per heavy atom. The maximum absolute atomic E-state index is 12.9. The van der Waals surface area contributed by atoms with Gasteiger partial charge in [-0.15, -0.1) is 0 Å². The molecule has 0 amide bonds. The third-order valence-electron chi connectivity index (χ3n) is 4.08. The molecule has 0 N–H and O–H groups in total. The molecule has 22 heavy (non-hydrogen) atoms. The van der Waals surface area contributed by atoms with Crippen molar-refractivity contribution in [1.82, 2.24) is 9.21 Å². The van der Waals surface area contributed by atoms with E-state index in [1.165, 1.54) is 14.2 Å². The van der Waals surface area contributed by atoms with Crippen LogP contribution < -0.4 is 9.47 Å². The molecule has 1 aromatic rings. The van der Waals surface area contributed by atoms with Crippen molar-refractivity contribution in [1.29, 1.82) is 0 Å². The highest BCUT2D eigenvalue weighted by Gasteiger charge is 2.30. The van der Waals surface area contributed by atoms with E-state index in [-0.39, 0.29) is 4.90 Å². The zero-order chi connectivity index (χ0) is 16.3. The van der Waals surface area contributed by atoms with Gasteiger partial charge in [-0.1, -0.05) is 6.92 Å². The molecule has 1 heterocycles. The van der Waals surface area contributed by atoms with E-state index in [2.05, 4.69) is 11.8 Å². The van der Waals surface area contributed by atoms with E-state index in [1.807, 2.05) is 0 Å². The van der Waals surface area contributed by atoms with Crippen LogP contribution in [-0.2, 0) is 10.0 Å². The first kappa shape index (κ1) is 17.1. The van der Waals surface area contributed by atoms with E-state index in [4.69, 9.17) is 9.47 Å². The molecule has 2 rings (SSSR count). The lowest BCUT2D eigenvalue weighted by molar-refractivity contribution is 0.196. The van der Waals surface area contributed by atoms with E-state index in [0.29, 0.717) is 30.2 Å². The molecule has 0 aromatic heterocycles. The van der Waals surface area contributed by atoms with Crippen LogP contribution >= 0.6 is 0 Å². The van der Waals surface area contributed by atoms with Gasteiger partial charge in [0, 0.05) is 32.2 Å². The van der Waals surface area contributed by atoms with Crippen LogP contribution in [0.4, 0.5) is 0 Å². The third-order valence-corrected chi connectivity index (χ3v) is 6.12. The molecule has 1 aliphatic rings. The Kier molecular flexibility index (Phi) is 5.31. The van der Waals surface area contributed by atoms with Gasteiger partial charge < -0.3 is 14.4 Å². The average Bonchev–Trinajstić information content (AvgIpc) is 2.54. The predicted molar refractivity (Wildman–Crippen MR) is 85.2 cm³/mol. The molecule has 6 nitrogen and oxygen atoms in total. The molecule has 0 saturated carbocycles. The second-order valence-electron chi connectivity index (χ2n) is 5.31. The van der Waals surface area contributed by atoms with Crippen molar-refractivity contribution in [2.45, 2.75) is 18.7 Å². The van der Waals surface area contributed by atoms with E-state index >= 15 is 0 Å². The normalized spacial score (nSPS) is 17.5. The van der Waals surface area contributed by atoms with Gasteiger partial charge in [-0.05, 0) is 25.1 Å². The Morgan fingerprint density at radius 1 is 1.05 bits per heavy atom. The Labute approximate surface area is 132 Å². The second-order valence-corrected chi connectivity index (χ2v) is 7.22. The fraction of sp³-hybridized carbons (Fsp3) is 0.600. The quantitative estimate of drug-likeness (QED) is 0.816. The van der Waals surface area contributed by atoms with Gasteiger partial charge >= 0.3 is 0 Å². The monoisotopic (exact) mass is 328 g/mol. The number of likely N-dealkylation sites (N-methyl/N-ethyl adjacent to an activating group) is 1. The van der Waals surface area contributed by atoms with Crippen LogP contribution in [0.1, 0.15) is 12.5 Å². The second kappa shape index (κ2) is 6.85. The van der Waals surface area contributed by atoms with Crippen molar-refractivity contribution in [2.24, 2.45) is 0 Å². The number of hydrogen-bond donors (Lipinski definition) is 0. The number of methoxy groups -OCH3 is 2. The molecule has 1 fully saturated rings. The van der Waals surface area contributed by atoms with Crippen LogP contribution in [0.5, 0.6) is 11.5 Å². The molecule has 0 aliphatic carbocycles. The van der Waals surface area contributed by atoms with E-state index in [1.54, 1.807) is 23.4 Å². The molecule has 124 valence electrons. The molecule has 0 spiro atoms. The summed E-state index contributed by atoms with van der Waals surface area (Å²) >= 11 is 0. The average molecular weight is 328 g/mol. The van der Waals surface area contributed by atoms with Gasteiger partial charge in [0.15, 0.2) is 11.5 Å². The summed E-state index contributed by atoms with van der Waals surface area (Å²) in [7, 11) is -0.470. The minimum absolute atomic E-state index is 0.287. The van der Waals surface area contributed by atoms with Crippen molar-refractivity contribution in [3.63, 3.8) is 0 Å². The van der Waals surface area contributed by atoms with Gasteiger partial charge in [0.2, 0.25) is 10.0 Å². The minimum Gasteiger partial charge on any atom is -0.493 e. The SMILES string of the molecule is CCN1CCN(S(=O)(=O)c2cc(OC)c(OC)cc2C)CC1. The number of rotatable bonds is 5. The molecule has 0 atom stereocenters. The lowest BCUT2D eigenvalue weighted by Crippen LogP contribution is -2.48. The fourth-order valence-corrected chi connectivity index (χ4v) is 4.31. The molecule has 0 radical (unpaired) electrons. The van der Waals surface area contributed by atoms with Crippen molar-refractivity contribution in [3.8, 4) is 11.5 Å². The molecule has 0 unspecified atom stereocenters. The van der Waals surface area contributed by atoms with Crippen molar-refractivity contribution < 1.29 is 17.9 Å². The summed E-state index contributed by atoms with van der Waals surface area (Å²) in [5.74, 6) is 0.966. The molecule has 1 saturated heterocycles. The molecule has 1 aliphatic heterocycles. The number of aryl methyl sites for hydroxylation is 1. The topological polar surface area (TPSA) is 59.1 Å². The Hall–Kier alpha value is -1.31. The molecule has 1 aromatic carbocycles. The summed E-state index contributed by atoms with van der Waals surface area (Å²) < 4.78 is 37.8.